The molecule has 0 rings (SSSR count). The van der Waals surface area contributed by atoms with Crippen LogP contribution in [-0.4, -0.2) is 96.7 Å². The molecule has 0 aliphatic rings. The van der Waals surface area contributed by atoms with E-state index in [1.54, 1.807) is 0 Å². The number of carbonyl (C=O) groups is 4. The number of rotatable bonds is 72. The van der Waals surface area contributed by atoms with Gasteiger partial charge in [-0.25, -0.2) is 9.13 Å². The number of hydrogen-bond donors (Lipinski definition) is 3. The Kier molecular flexibility index (Phi) is 64.0. The van der Waals surface area contributed by atoms with Crippen molar-refractivity contribution >= 4 is 39.5 Å². The summed E-state index contributed by atoms with van der Waals surface area (Å²) < 4.78 is 68.3. The Hall–Kier alpha value is -1.94. The maximum Gasteiger partial charge on any atom is 0.472 e. The first kappa shape index (κ1) is 89.1. The van der Waals surface area contributed by atoms with Crippen LogP contribution in [0, 0.1) is 5.92 Å². The third-order valence-electron chi connectivity index (χ3n) is 17.1. The number of phosphoric acid groups is 2. The van der Waals surface area contributed by atoms with E-state index in [0.717, 1.165) is 109 Å². The molecule has 0 spiro atoms. The summed E-state index contributed by atoms with van der Waals surface area (Å²) in [5, 5.41) is 10.6. The lowest BCUT2D eigenvalue weighted by Gasteiger charge is -2.21. The molecule has 0 fully saturated rings. The first-order valence-corrected chi connectivity index (χ1v) is 40.7. The third kappa shape index (κ3) is 65.1. The van der Waals surface area contributed by atoms with Gasteiger partial charge in [-0.2, -0.15) is 0 Å². The minimum atomic E-state index is -4.95. The van der Waals surface area contributed by atoms with Crippen LogP contribution in [0.25, 0.3) is 0 Å². The largest absolute Gasteiger partial charge is 0.472 e. The molecule has 0 aliphatic heterocycles. The lowest BCUT2D eigenvalue weighted by molar-refractivity contribution is -0.161. The van der Waals surface area contributed by atoms with Crippen LogP contribution in [0.1, 0.15) is 375 Å². The van der Waals surface area contributed by atoms with Gasteiger partial charge in [-0.15, -0.1) is 0 Å². The second kappa shape index (κ2) is 65.4. The van der Waals surface area contributed by atoms with Gasteiger partial charge in [0.2, 0.25) is 0 Å². The highest BCUT2D eigenvalue weighted by Crippen LogP contribution is 2.45. The molecule has 0 aliphatic carbocycles. The molecule has 91 heavy (non-hydrogen) atoms. The third-order valence-corrected chi connectivity index (χ3v) is 19.0. The molecular weight excluding hydrogens is 1200 g/mol. The number of esters is 4. The maximum atomic E-state index is 13.0. The fourth-order valence-corrected chi connectivity index (χ4v) is 12.5. The number of ether oxygens (including phenoxy) is 4. The van der Waals surface area contributed by atoms with E-state index >= 15 is 0 Å². The summed E-state index contributed by atoms with van der Waals surface area (Å²) >= 11 is 0. The van der Waals surface area contributed by atoms with E-state index in [2.05, 4.69) is 34.6 Å². The summed E-state index contributed by atoms with van der Waals surface area (Å²) in [7, 11) is -9.90. The fraction of sp³-hybridized carbons (Fsp3) is 0.944. The van der Waals surface area contributed by atoms with Crippen LogP contribution in [0.15, 0.2) is 0 Å². The molecule has 0 saturated heterocycles. The average Bonchev–Trinajstić information content (AvgIpc) is 2.87. The van der Waals surface area contributed by atoms with Crippen LogP contribution in [0.5, 0.6) is 0 Å². The van der Waals surface area contributed by atoms with Crippen molar-refractivity contribution < 1.29 is 80.2 Å². The average molecular weight is 1340 g/mol. The lowest BCUT2D eigenvalue weighted by atomic mass is 9.99. The Morgan fingerprint density at radius 3 is 0.780 bits per heavy atom. The summed E-state index contributed by atoms with van der Waals surface area (Å²) in [5.41, 5.74) is 0. The van der Waals surface area contributed by atoms with Crippen LogP contribution < -0.4 is 0 Å². The minimum Gasteiger partial charge on any atom is -0.462 e. The van der Waals surface area contributed by atoms with Crippen molar-refractivity contribution in [2.24, 2.45) is 5.92 Å². The van der Waals surface area contributed by atoms with Gasteiger partial charge in [0.1, 0.15) is 19.3 Å². The molecule has 0 bridgehead atoms. The molecule has 540 valence electrons. The highest BCUT2D eigenvalue weighted by Gasteiger charge is 2.30. The van der Waals surface area contributed by atoms with E-state index in [-0.39, 0.29) is 25.7 Å². The molecule has 0 aromatic heterocycles. The highest BCUT2D eigenvalue weighted by molar-refractivity contribution is 7.47. The van der Waals surface area contributed by atoms with Crippen LogP contribution in [0.3, 0.4) is 0 Å². The number of carbonyl (C=O) groups excluding carboxylic acids is 4. The number of aliphatic hydroxyl groups is 1. The highest BCUT2D eigenvalue weighted by atomic mass is 31.2. The molecule has 0 saturated carbocycles. The zero-order chi connectivity index (χ0) is 67.0. The zero-order valence-electron chi connectivity index (χ0n) is 59.0. The van der Waals surface area contributed by atoms with Crippen LogP contribution >= 0.6 is 15.6 Å². The van der Waals surface area contributed by atoms with Gasteiger partial charge in [0.15, 0.2) is 12.2 Å². The Morgan fingerprint density at radius 1 is 0.308 bits per heavy atom. The fourth-order valence-electron chi connectivity index (χ4n) is 11.0. The first-order chi connectivity index (χ1) is 44.1. The Morgan fingerprint density at radius 2 is 0.527 bits per heavy atom. The van der Waals surface area contributed by atoms with Crippen molar-refractivity contribution in [2.45, 2.75) is 393 Å². The molecule has 0 aromatic rings. The van der Waals surface area contributed by atoms with Gasteiger partial charge in [0, 0.05) is 25.7 Å². The van der Waals surface area contributed by atoms with E-state index in [1.165, 1.54) is 186 Å². The second-order valence-electron chi connectivity index (χ2n) is 26.2. The normalized spacial score (nSPS) is 14.3. The predicted octanol–water partition coefficient (Wildman–Crippen LogP) is 20.9. The number of phosphoric ester groups is 2. The first-order valence-electron chi connectivity index (χ1n) is 37.7. The van der Waals surface area contributed by atoms with Crippen molar-refractivity contribution in [1.82, 2.24) is 0 Å². The Balaban J connectivity index is 5.20. The van der Waals surface area contributed by atoms with Gasteiger partial charge in [0.25, 0.3) is 0 Å². The Bertz CT molecular complexity index is 1760. The topological polar surface area (TPSA) is 237 Å². The minimum absolute atomic E-state index is 0.105. The predicted molar refractivity (Wildman–Crippen MR) is 368 cm³/mol. The summed E-state index contributed by atoms with van der Waals surface area (Å²) in [4.78, 5) is 72.5. The molecule has 17 nitrogen and oxygen atoms in total. The second-order valence-corrected chi connectivity index (χ2v) is 29.1. The molecule has 0 amide bonds. The molecule has 3 N–H and O–H groups in total. The number of aliphatic hydroxyl groups excluding tert-OH is 1. The zero-order valence-corrected chi connectivity index (χ0v) is 60.8. The van der Waals surface area contributed by atoms with E-state index in [4.69, 9.17) is 37.0 Å². The molecule has 6 atom stereocenters. The summed E-state index contributed by atoms with van der Waals surface area (Å²) in [5.74, 6) is -1.35. The molecular formula is C72H140O17P2. The van der Waals surface area contributed by atoms with Crippen molar-refractivity contribution in [1.29, 1.82) is 0 Å². The van der Waals surface area contributed by atoms with Crippen molar-refractivity contribution in [3.8, 4) is 0 Å². The molecule has 19 heteroatoms. The van der Waals surface area contributed by atoms with E-state index in [0.29, 0.717) is 25.7 Å². The van der Waals surface area contributed by atoms with E-state index < -0.39 is 97.5 Å². The van der Waals surface area contributed by atoms with Crippen LogP contribution in [0.2, 0.25) is 0 Å². The van der Waals surface area contributed by atoms with Gasteiger partial charge >= 0.3 is 39.5 Å². The van der Waals surface area contributed by atoms with Crippen molar-refractivity contribution in [3.63, 3.8) is 0 Å². The summed E-state index contributed by atoms with van der Waals surface area (Å²) in [6.45, 7) is 7.22. The number of hydrogen-bond acceptors (Lipinski definition) is 15. The standard InChI is InChI=1S/C72H140O17P2/c1-6-10-13-16-19-21-23-25-27-28-29-30-32-34-36-42-47-52-57-71(76)88-68(62-83-70(75)56-51-46-41-35-33-31-26-24-22-20-17-14-11-7-2)64-87-91(80,81)85-60-66(73)59-84-90(78,79)86-63-67(61-82-69(74)55-50-45-39-18-15-12-8-3)89-72(77)58-53-48-43-38-37-40-44-49-54-65(5)9-4/h65-68,73H,6-64H2,1-5H3,(H,78,79)(H,80,81)/t65?,66-,67+,68+/m0/s1. The SMILES string of the molecule is CCCCCCCCCCCCCCCCCCCCC(=O)O[C@H](COC(=O)CCCCCCCCCCCCCCCC)COP(=O)(O)OC[C@@H](O)COP(=O)(O)OC[C@@H](COC(=O)CCCCCCCCC)OC(=O)CCCCCCCCCCC(C)CC. The summed E-state index contributed by atoms with van der Waals surface area (Å²) in [6, 6.07) is 0. The molecule has 0 aromatic carbocycles. The van der Waals surface area contributed by atoms with Crippen LogP contribution in [0.4, 0.5) is 0 Å². The molecule has 0 heterocycles. The quantitative estimate of drug-likeness (QED) is 0.0222. The lowest BCUT2D eigenvalue weighted by Crippen LogP contribution is -2.30. The van der Waals surface area contributed by atoms with Gasteiger partial charge in [-0.3, -0.25) is 37.3 Å². The van der Waals surface area contributed by atoms with E-state index in [9.17, 15) is 43.2 Å². The van der Waals surface area contributed by atoms with Crippen molar-refractivity contribution in [2.75, 3.05) is 39.6 Å². The monoisotopic (exact) mass is 1340 g/mol. The van der Waals surface area contributed by atoms with Gasteiger partial charge in [-0.1, -0.05) is 324 Å². The van der Waals surface area contributed by atoms with E-state index in [1.807, 2.05) is 0 Å². The number of unbranched alkanes of at least 4 members (excludes halogenated alkanes) is 43. The molecule has 0 radical (unpaired) electrons. The summed E-state index contributed by atoms with van der Waals surface area (Å²) in [6.07, 6.45) is 52.8. The smallest absolute Gasteiger partial charge is 0.462 e. The van der Waals surface area contributed by atoms with Gasteiger partial charge < -0.3 is 33.8 Å². The van der Waals surface area contributed by atoms with Gasteiger partial charge in [-0.05, 0) is 31.6 Å². The van der Waals surface area contributed by atoms with Crippen molar-refractivity contribution in [3.05, 3.63) is 0 Å². The van der Waals surface area contributed by atoms with Gasteiger partial charge in [0.05, 0.1) is 26.4 Å². The molecule has 3 unspecified atom stereocenters. The maximum absolute atomic E-state index is 13.0. The Labute approximate surface area is 556 Å². The van der Waals surface area contributed by atoms with Crippen LogP contribution in [-0.2, 0) is 65.4 Å².